The standard InChI is InChI=1S/C22H32BrN3O/c1-5-7-18(16-9-8-15(3)25(4)13-12-16)21-24-20-11-10-17(23)14-19(20)22(27)26(21)6-2/h10-11,14-16,18H,5-9,12-13H2,1-4H3/t15-,16-,18-/m0/s1. The number of likely N-dealkylation sites (tertiary alicyclic amines) is 1. The van der Waals surface area contributed by atoms with E-state index in [4.69, 9.17) is 4.98 Å². The summed E-state index contributed by atoms with van der Waals surface area (Å²) < 4.78 is 2.85. The molecule has 0 bridgehead atoms. The lowest BCUT2D eigenvalue weighted by molar-refractivity contribution is 0.261. The number of benzene rings is 1. The lowest BCUT2D eigenvalue weighted by atomic mass is 9.82. The summed E-state index contributed by atoms with van der Waals surface area (Å²) in [5, 5.41) is 0.708. The maximum atomic E-state index is 13.2. The van der Waals surface area contributed by atoms with Gasteiger partial charge >= 0.3 is 0 Å². The summed E-state index contributed by atoms with van der Waals surface area (Å²) in [5.74, 6) is 1.95. The van der Waals surface area contributed by atoms with E-state index < -0.39 is 0 Å². The number of halogens is 1. The quantitative estimate of drug-likeness (QED) is 0.651. The van der Waals surface area contributed by atoms with Crippen molar-refractivity contribution in [3.05, 3.63) is 38.9 Å². The molecule has 5 heteroatoms. The molecular formula is C22H32BrN3O. The molecule has 0 spiro atoms. The van der Waals surface area contributed by atoms with Crippen LogP contribution in [0.3, 0.4) is 0 Å². The fourth-order valence-electron chi connectivity index (χ4n) is 4.50. The highest BCUT2D eigenvalue weighted by Crippen LogP contribution is 2.36. The highest BCUT2D eigenvalue weighted by Gasteiger charge is 2.30. The second-order valence-electron chi connectivity index (χ2n) is 8.03. The second-order valence-corrected chi connectivity index (χ2v) is 8.95. The molecule has 0 amide bonds. The zero-order valence-corrected chi connectivity index (χ0v) is 18.6. The Kier molecular flexibility index (Phi) is 6.74. The minimum Gasteiger partial charge on any atom is -0.304 e. The van der Waals surface area contributed by atoms with E-state index >= 15 is 0 Å². The molecule has 1 saturated heterocycles. The molecule has 1 fully saturated rings. The summed E-state index contributed by atoms with van der Waals surface area (Å²) in [6, 6.07) is 6.48. The zero-order valence-electron chi connectivity index (χ0n) is 17.0. The molecule has 0 aliphatic carbocycles. The van der Waals surface area contributed by atoms with Crippen molar-refractivity contribution in [3.63, 3.8) is 0 Å². The first-order chi connectivity index (χ1) is 13.0. The van der Waals surface area contributed by atoms with Gasteiger partial charge in [-0.1, -0.05) is 29.3 Å². The molecule has 0 N–H and O–H groups in total. The van der Waals surface area contributed by atoms with E-state index in [0.29, 0.717) is 29.8 Å². The summed E-state index contributed by atoms with van der Waals surface area (Å²) in [5.41, 5.74) is 0.919. The molecular weight excluding hydrogens is 402 g/mol. The van der Waals surface area contributed by atoms with E-state index in [9.17, 15) is 4.79 Å². The zero-order chi connectivity index (χ0) is 19.6. The summed E-state index contributed by atoms with van der Waals surface area (Å²) in [6.45, 7) is 8.43. The van der Waals surface area contributed by atoms with Gasteiger partial charge in [-0.3, -0.25) is 9.36 Å². The van der Waals surface area contributed by atoms with Gasteiger partial charge in [0.1, 0.15) is 5.82 Å². The number of hydrogen-bond donors (Lipinski definition) is 0. The van der Waals surface area contributed by atoms with Crippen LogP contribution in [0.2, 0.25) is 0 Å². The molecule has 2 heterocycles. The molecule has 1 aromatic carbocycles. The van der Waals surface area contributed by atoms with Crippen LogP contribution in [0.4, 0.5) is 0 Å². The summed E-state index contributed by atoms with van der Waals surface area (Å²) in [4.78, 5) is 20.7. The van der Waals surface area contributed by atoms with Crippen LogP contribution in [0.15, 0.2) is 27.5 Å². The molecule has 1 aliphatic heterocycles. The summed E-state index contributed by atoms with van der Waals surface area (Å²) in [6.07, 6.45) is 5.83. The molecule has 1 aromatic heterocycles. The Bertz CT molecular complexity index is 835. The van der Waals surface area contributed by atoms with E-state index in [-0.39, 0.29) is 5.56 Å². The first kappa shape index (κ1) is 20.5. The van der Waals surface area contributed by atoms with Crippen molar-refractivity contribution in [1.29, 1.82) is 0 Å². The van der Waals surface area contributed by atoms with Crippen molar-refractivity contribution in [1.82, 2.24) is 14.5 Å². The average Bonchev–Trinajstić information content (AvgIpc) is 2.82. The van der Waals surface area contributed by atoms with Crippen molar-refractivity contribution < 1.29 is 0 Å². The number of hydrogen-bond acceptors (Lipinski definition) is 3. The SMILES string of the molecule is CCC[C@H](c1nc2ccc(Br)cc2c(=O)n1CC)[C@H]1CC[C@H](C)N(C)CC1. The van der Waals surface area contributed by atoms with Crippen LogP contribution < -0.4 is 5.56 Å². The molecule has 1 aliphatic rings. The van der Waals surface area contributed by atoms with Gasteiger partial charge in [-0.15, -0.1) is 0 Å². The lowest BCUT2D eigenvalue weighted by Crippen LogP contribution is -2.30. The third-order valence-corrected chi connectivity index (χ3v) is 6.82. The average molecular weight is 434 g/mol. The Hall–Kier alpha value is -1.20. The third-order valence-electron chi connectivity index (χ3n) is 6.32. The van der Waals surface area contributed by atoms with Crippen molar-refractivity contribution in [2.24, 2.45) is 5.92 Å². The van der Waals surface area contributed by atoms with Gasteiger partial charge in [0.05, 0.1) is 10.9 Å². The number of aromatic nitrogens is 2. The maximum absolute atomic E-state index is 13.2. The Balaban J connectivity index is 2.08. The van der Waals surface area contributed by atoms with Crippen LogP contribution in [0.25, 0.3) is 10.9 Å². The molecule has 0 radical (unpaired) electrons. The van der Waals surface area contributed by atoms with E-state index in [2.05, 4.69) is 48.6 Å². The van der Waals surface area contributed by atoms with Crippen LogP contribution in [-0.4, -0.2) is 34.1 Å². The molecule has 2 aromatic rings. The first-order valence-electron chi connectivity index (χ1n) is 10.4. The predicted octanol–water partition coefficient (Wildman–Crippen LogP) is 5.18. The van der Waals surface area contributed by atoms with Gasteiger partial charge in [-0.2, -0.15) is 0 Å². The van der Waals surface area contributed by atoms with Crippen LogP contribution >= 0.6 is 15.9 Å². The number of fused-ring (bicyclic) bond motifs is 1. The highest BCUT2D eigenvalue weighted by molar-refractivity contribution is 9.10. The fraction of sp³-hybridized carbons (Fsp3) is 0.636. The van der Waals surface area contributed by atoms with E-state index in [1.54, 1.807) is 0 Å². The number of nitrogens with zero attached hydrogens (tertiary/aromatic N) is 3. The molecule has 148 valence electrons. The third kappa shape index (κ3) is 4.29. The molecule has 4 nitrogen and oxygen atoms in total. The van der Waals surface area contributed by atoms with Crippen molar-refractivity contribution in [2.45, 2.75) is 71.4 Å². The molecule has 3 rings (SSSR count). The Morgan fingerprint density at radius 1 is 1.26 bits per heavy atom. The van der Waals surface area contributed by atoms with Crippen LogP contribution in [0.1, 0.15) is 64.6 Å². The monoisotopic (exact) mass is 433 g/mol. The van der Waals surface area contributed by atoms with Gasteiger partial charge < -0.3 is 4.90 Å². The topological polar surface area (TPSA) is 38.1 Å². The van der Waals surface area contributed by atoms with E-state index in [0.717, 1.165) is 35.2 Å². The van der Waals surface area contributed by atoms with Gasteiger partial charge in [-0.05, 0) is 77.2 Å². The fourth-order valence-corrected chi connectivity index (χ4v) is 4.86. The van der Waals surface area contributed by atoms with Gasteiger partial charge in [0.25, 0.3) is 5.56 Å². The minimum atomic E-state index is 0.0963. The van der Waals surface area contributed by atoms with Gasteiger partial charge in [0.15, 0.2) is 0 Å². The second kappa shape index (κ2) is 8.87. The Labute approximate surface area is 171 Å². The predicted molar refractivity (Wildman–Crippen MR) is 116 cm³/mol. The molecule has 27 heavy (non-hydrogen) atoms. The molecule has 3 atom stereocenters. The summed E-state index contributed by atoms with van der Waals surface area (Å²) >= 11 is 3.49. The minimum absolute atomic E-state index is 0.0963. The molecule has 0 saturated carbocycles. The van der Waals surface area contributed by atoms with E-state index in [1.165, 1.54) is 19.3 Å². The van der Waals surface area contributed by atoms with Crippen LogP contribution in [0.5, 0.6) is 0 Å². The maximum Gasteiger partial charge on any atom is 0.261 e. The number of rotatable bonds is 5. The van der Waals surface area contributed by atoms with Crippen LogP contribution in [-0.2, 0) is 6.54 Å². The summed E-state index contributed by atoms with van der Waals surface area (Å²) in [7, 11) is 2.23. The molecule has 0 unspecified atom stereocenters. The van der Waals surface area contributed by atoms with Gasteiger partial charge in [0.2, 0.25) is 0 Å². The largest absolute Gasteiger partial charge is 0.304 e. The first-order valence-corrected chi connectivity index (χ1v) is 11.2. The van der Waals surface area contributed by atoms with Gasteiger partial charge in [0, 0.05) is 23.0 Å². The van der Waals surface area contributed by atoms with Crippen molar-refractivity contribution >= 4 is 26.8 Å². The Morgan fingerprint density at radius 3 is 2.74 bits per heavy atom. The van der Waals surface area contributed by atoms with Crippen molar-refractivity contribution in [3.8, 4) is 0 Å². The van der Waals surface area contributed by atoms with Crippen LogP contribution in [0, 0.1) is 5.92 Å². The van der Waals surface area contributed by atoms with E-state index in [1.807, 2.05) is 22.8 Å². The smallest absolute Gasteiger partial charge is 0.261 e. The van der Waals surface area contributed by atoms with Crippen molar-refractivity contribution in [2.75, 3.05) is 13.6 Å². The highest BCUT2D eigenvalue weighted by atomic mass is 79.9. The normalized spacial score (nSPS) is 22.7. The van der Waals surface area contributed by atoms with Gasteiger partial charge in [-0.25, -0.2) is 4.98 Å². The Morgan fingerprint density at radius 2 is 2.04 bits per heavy atom. The lowest BCUT2D eigenvalue weighted by Gasteiger charge is -2.28.